The van der Waals surface area contributed by atoms with Crippen molar-refractivity contribution >= 4 is 5.82 Å². The highest BCUT2D eigenvalue weighted by Crippen LogP contribution is 2.22. The standard InChI is InChI=1S/C6H5F3N2/c7-4-2-11-5(10)1-3(4)6(8)9/h1-2,6H,(H2,10,11). The van der Waals surface area contributed by atoms with Crippen molar-refractivity contribution in [3.8, 4) is 0 Å². The fourth-order valence-electron chi connectivity index (χ4n) is 0.639. The molecule has 1 heterocycles. The molecule has 1 aromatic rings. The molecule has 0 atom stereocenters. The van der Waals surface area contributed by atoms with Crippen LogP contribution in [0.25, 0.3) is 0 Å². The van der Waals surface area contributed by atoms with Crippen LogP contribution in [0, 0.1) is 5.82 Å². The Labute approximate surface area is 60.9 Å². The molecule has 0 unspecified atom stereocenters. The molecule has 0 bridgehead atoms. The van der Waals surface area contributed by atoms with Crippen molar-refractivity contribution in [3.63, 3.8) is 0 Å². The van der Waals surface area contributed by atoms with E-state index in [1.165, 1.54) is 0 Å². The maximum Gasteiger partial charge on any atom is 0.266 e. The molecule has 2 N–H and O–H groups in total. The number of nitrogens with two attached hydrogens (primary N) is 1. The number of alkyl halides is 2. The van der Waals surface area contributed by atoms with E-state index in [2.05, 4.69) is 4.98 Å². The van der Waals surface area contributed by atoms with E-state index in [-0.39, 0.29) is 5.82 Å². The molecule has 0 spiro atoms. The third-order valence-electron chi connectivity index (χ3n) is 1.14. The van der Waals surface area contributed by atoms with Gasteiger partial charge in [0, 0.05) is 0 Å². The molecule has 1 rings (SSSR count). The topological polar surface area (TPSA) is 38.9 Å². The van der Waals surface area contributed by atoms with Crippen LogP contribution >= 0.6 is 0 Å². The Balaban J connectivity index is 3.13. The summed E-state index contributed by atoms with van der Waals surface area (Å²) >= 11 is 0. The third-order valence-corrected chi connectivity index (χ3v) is 1.14. The summed E-state index contributed by atoms with van der Waals surface area (Å²) in [6.45, 7) is 0. The van der Waals surface area contributed by atoms with Gasteiger partial charge in [-0.15, -0.1) is 0 Å². The van der Waals surface area contributed by atoms with E-state index in [1.807, 2.05) is 0 Å². The zero-order valence-corrected chi connectivity index (χ0v) is 5.39. The van der Waals surface area contributed by atoms with Crippen LogP contribution in [0.4, 0.5) is 19.0 Å². The first-order valence-corrected chi connectivity index (χ1v) is 2.80. The number of rotatable bonds is 1. The van der Waals surface area contributed by atoms with Crippen molar-refractivity contribution in [1.82, 2.24) is 4.98 Å². The molecule has 0 fully saturated rings. The van der Waals surface area contributed by atoms with Crippen LogP contribution in [0.2, 0.25) is 0 Å². The average molecular weight is 162 g/mol. The molecular weight excluding hydrogens is 157 g/mol. The first-order chi connectivity index (χ1) is 5.11. The molecule has 1 aromatic heterocycles. The summed E-state index contributed by atoms with van der Waals surface area (Å²) in [5.41, 5.74) is 4.34. The van der Waals surface area contributed by atoms with Gasteiger partial charge in [-0.2, -0.15) is 0 Å². The minimum Gasteiger partial charge on any atom is -0.384 e. The Hall–Kier alpha value is -1.26. The third kappa shape index (κ3) is 1.60. The highest BCUT2D eigenvalue weighted by atomic mass is 19.3. The second-order valence-electron chi connectivity index (χ2n) is 1.93. The van der Waals surface area contributed by atoms with Gasteiger partial charge >= 0.3 is 0 Å². The molecule has 11 heavy (non-hydrogen) atoms. The lowest BCUT2D eigenvalue weighted by Gasteiger charge is -2.00. The second-order valence-corrected chi connectivity index (χ2v) is 1.93. The molecule has 0 aliphatic carbocycles. The summed E-state index contributed by atoms with van der Waals surface area (Å²) < 4.78 is 36.2. The zero-order valence-electron chi connectivity index (χ0n) is 5.39. The van der Waals surface area contributed by atoms with Crippen LogP contribution in [0.3, 0.4) is 0 Å². The predicted molar refractivity (Wildman–Crippen MR) is 33.6 cm³/mol. The largest absolute Gasteiger partial charge is 0.384 e. The lowest BCUT2D eigenvalue weighted by molar-refractivity contribution is 0.146. The second kappa shape index (κ2) is 2.77. The normalized spacial score (nSPS) is 10.5. The van der Waals surface area contributed by atoms with Crippen LogP contribution in [0.5, 0.6) is 0 Å². The minimum absolute atomic E-state index is 0.110. The van der Waals surface area contributed by atoms with Crippen molar-refractivity contribution in [2.24, 2.45) is 0 Å². The Morgan fingerprint density at radius 2 is 2.09 bits per heavy atom. The van der Waals surface area contributed by atoms with Crippen molar-refractivity contribution in [1.29, 1.82) is 0 Å². The number of aromatic nitrogens is 1. The van der Waals surface area contributed by atoms with Crippen LogP contribution < -0.4 is 5.73 Å². The van der Waals surface area contributed by atoms with Crippen LogP contribution in [-0.4, -0.2) is 4.98 Å². The van der Waals surface area contributed by atoms with E-state index in [9.17, 15) is 13.2 Å². The van der Waals surface area contributed by atoms with Crippen LogP contribution in [-0.2, 0) is 0 Å². The number of hydrogen-bond acceptors (Lipinski definition) is 2. The van der Waals surface area contributed by atoms with Gasteiger partial charge in [-0.1, -0.05) is 0 Å². The molecule has 5 heteroatoms. The Morgan fingerprint density at radius 1 is 1.45 bits per heavy atom. The summed E-state index contributed by atoms with van der Waals surface area (Å²) in [6.07, 6.45) is -2.17. The van der Waals surface area contributed by atoms with Gasteiger partial charge in [-0.25, -0.2) is 18.2 Å². The van der Waals surface area contributed by atoms with E-state index in [4.69, 9.17) is 5.73 Å². The van der Waals surface area contributed by atoms with E-state index in [0.29, 0.717) is 6.20 Å². The van der Waals surface area contributed by atoms with E-state index >= 15 is 0 Å². The van der Waals surface area contributed by atoms with Gasteiger partial charge in [0.15, 0.2) is 5.82 Å². The molecule has 0 amide bonds. The number of hydrogen-bond donors (Lipinski definition) is 1. The van der Waals surface area contributed by atoms with Crippen molar-refractivity contribution in [2.45, 2.75) is 6.43 Å². The van der Waals surface area contributed by atoms with Crippen LogP contribution in [0.1, 0.15) is 12.0 Å². The molecule has 0 saturated heterocycles. The maximum absolute atomic E-state index is 12.4. The molecule has 0 aromatic carbocycles. The SMILES string of the molecule is Nc1cc(C(F)F)c(F)cn1. The number of pyridine rings is 1. The first kappa shape index (κ1) is 7.84. The number of anilines is 1. The summed E-state index contributed by atoms with van der Waals surface area (Å²) in [7, 11) is 0. The molecule has 0 aliphatic heterocycles. The van der Waals surface area contributed by atoms with Gasteiger partial charge in [0.05, 0.1) is 11.8 Å². The number of nitrogen functional groups attached to an aromatic ring is 1. The molecule has 2 nitrogen and oxygen atoms in total. The first-order valence-electron chi connectivity index (χ1n) is 2.80. The van der Waals surface area contributed by atoms with Gasteiger partial charge in [0.25, 0.3) is 6.43 Å². The summed E-state index contributed by atoms with van der Waals surface area (Å²) in [6, 6.07) is 0.819. The zero-order chi connectivity index (χ0) is 8.43. The van der Waals surface area contributed by atoms with E-state index in [1.54, 1.807) is 0 Å². The van der Waals surface area contributed by atoms with Crippen LogP contribution in [0.15, 0.2) is 12.3 Å². The van der Waals surface area contributed by atoms with Gasteiger partial charge in [-0.05, 0) is 6.07 Å². The fourth-order valence-corrected chi connectivity index (χ4v) is 0.639. The van der Waals surface area contributed by atoms with Gasteiger partial charge in [0.1, 0.15) is 5.82 Å². The smallest absolute Gasteiger partial charge is 0.266 e. The Kier molecular flexibility index (Phi) is 1.98. The van der Waals surface area contributed by atoms with E-state index in [0.717, 1.165) is 6.07 Å². The summed E-state index contributed by atoms with van der Waals surface area (Å²) in [5.74, 6) is -1.14. The molecule has 0 aliphatic rings. The Morgan fingerprint density at radius 3 is 2.55 bits per heavy atom. The van der Waals surface area contributed by atoms with Gasteiger partial charge in [0.2, 0.25) is 0 Å². The molecular formula is C6H5F3N2. The lowest BCUT2D eigenvalue weighted by Crippen LogP contribution is -1.96. The van der Waals surface area contributed by atoms with Gasteiger partial charge in [-0.3, -0.25) is 0 Å². The predicted octanol–water partition coefficient (Wildman–Crippen LogP) is 1.74. The average Bonchev–Trinajstić information content (AvgIpc) is 1.94. The number of halogens is 3. The minimum atomic E-state index is -2.85. The fraction of sp³-hybridized carbons (Fsp3) is 0.167. The molecule has 60 valence electrons. The molecule has 0 saturated carbocycles. The van der Waals surface area contributed by atoms with Gasteiger partial charge < -0.3 is 5.73 Å². The Bertz CT molecular complexity index is 262. The van der Waals surface area contributed by atoms with Crippen molar-refractivity contribution < 1.29 is 13.2 Å². The highest BCUT2D eigenvalue weighted by molar-refractivity contribution is 5.33. The number of nitrogens with zero attached hydrogens (tertiary/aromatic N) is 1. The molecule has 0 radical (unpaired) electrons. The van der Waals surface area contributed by atoms with Crippen molar-refractivity contribution in [2.75, 3.05) is 5.73 Å². The quantitative estimate of drug-likeness (QED) is 0.683. The summed E-state index contributed by atoms with van der Waals surface area (Å²) in [5, 5.41) is 0. The monoisotopic (exact) mass is 162 g/mol. The maximum atomic E-state index is 12.4. The summed E-state index contributed by atoms with van der Waals surface area (Å²) in [4.78, 5) is 3.29. The van der Waals surface area contributed by atoms with E-state index < -0.39 is 17.8 Å². The lowest BCUT2D eigenvalue weighted by atomic mass is 10.2. The highest BCUT2D eigenvalue weighted by Gasteiger charge is 2.13. The van der Waals surface area contributed by atoms with Crippen molar-refractivity contribution in [3.05, 3.63) is 23.6 Å².